The molecular weight excluding hydrogens is 349 g/mol. The normalized spacial score (nSPS) is 16.8. The first-order chi connectivity index (χ1) is 10.6. The molecule has 1 aliphatic rings. The summed E-state index contributed by atoms with van der Waals surface area (Å²) in [6, 6.07) is 3.02. The number of halogens is 4. The third-order valence-corrected chi connectivity index (χ3v) is 4.26. The maximum Gasteiger partial charge on any atom is 0.240 e. The van der Waals surface area contributed by atoms with E-state index in [9.17, 15) is 8.78 Å². The lowest BCUT2D eigenvalue weighted by atomic mass is 10.0. The van der Waals surface area contributed by atoms with Crippen LogP contribution in [0.4, 0.5) is 8.78 Å². The minimum absolute atomic E-state index is 0. The molecule has 1 atom stereocenters. The first-order valence-electron chi connectivity index (χ1n) is 7.21. The van der Waals surface area contributed by atoms with E-state index < -0.39 is 12.5 Å². The number of alkyl halides is 2. The molecule has 1 aliphatic heterocycles. The van der Waals surface area contributed by atoms with Gasteiger partial charge in [0, 0.05) is 38.6 Å². The molecule has 1 heterocycles. The molecule has 132 valence electrons. The summed E-state index contributed by atoms with van der Waals surface area (Å²) in [5, 5.41) is 3.56. The van der Waals surface area contributed by atoms with Crippen molar-refractivity contribution >= 4 is 24.0 Å². The Balaban J connectivity index is 0.00000264. The molecule has 23 heavy (non-hydrogen) atoms. The van der Waals surface area contributed by atoms with Gasteiger partial charge in [-0.25, -0.2) is 8.78 Å². The van der Waals surface area contributed by atoms with E-state index in [1.54, 1.807) is 12.1 Å². The topological polar surface area (TPSA) is 33.7 Å². The Morgan fingerprint density at radius 1 is 1.22 bits per heavy atom. The Morgan fingerprint density at radius 2 is 1.87 bits per heavy atom. The number of rotatable bonds is 6. The molecule has 1 fully saturated rings. The lowest BCUT2D eigenvalue weighted by Gasteiger charge is -2.35. The van der Waals surface area contributed by atoms with Crippen LogP contribution in [0.1, 0.15) is 18.0 Å². The van der Waals surface area contributed by atoms with Crippen LogP contribution >= 0.6 is 24.0 Å². The van der Waals surface area contributed by atoms with Gasteiger partial charge in [-0.3, -0.25) is 4.90 Å². The Hall–Kier alpha value is -0.820. The fourth-order valence-electron chi connectivity index (χ4n) is 2.80. The number of methoxy groups -OCH3 is 2. The Kier molecular flexibility index (Phi) is 8.33. The van der Waals surface area contributed by atoms with E-state index in [1.165, 1.54) is 14.2 Å². The van der Waals surface area contributed by atoms with E-state index in [4.69, 9.17) is 21.1 Å². The molecule has 4 nitrogen and oxygen atoms in total. The quantitative estimate of drug-likeness (QED) is 0.832. The fraction of sp³-hybridized carbons (Fsp3) is 0.600. The fourth-order valence-corrected chi connectivity index (χ4v) is 3.16. The van der Waals surface area contributed by atoms with Crippen molar-refractivity contribution < 1.29 is 18.3 Å². The van der Waals surface area contributed by atoms with Crippen molar-refractivity contribution in [3.05, 3.63) is 22.7 Å². The molecule has 0 bridgehead atoms. The van der Waals surface area contributed by atoms with Crippen LogP contribution < -0.4 is 14.8 Å². The summed E-state index contributed by atoms with van der Waals surface area (Å²) >= 11 is 6.40. The van der Waals surface area contributed by atoms with Crippen LogP contribution in [0, 0.1) is 0 Å². The molecule has 1 aromatic rings. The standard InChI is InChI=1S/C15H21ClF2N2O2.ClH/c1-21-12-4-3-10(14(16)15(12)22-2)11(9-13(17)18)20-7-5-19-6-8-20;/h3-4,11,13,19H,5-9H2,1-2H3;1H/t11-;/m1./s1. The van der Waals surface area contributed by atoms with Gasteiger partial charge in [0.1, 0.15) is 0 Å². The number of nitrogens with one attached hydrogen (secondary N) is 1. The Labute approximate surface area is 146 Å². The maximum atomic E-state index is 13.0. The van der Waals surface area contributed by atoms with Crippen molar-refractivity contribution in [3.8, 4) is 11.5 Å². The van der Waals surface area contributed by atoms with Crippen LogP contribution in [-0.2, 0) is 0 Å². The minimum atomic E-state index is -2.40. The third-order valence-electron chi connectivity index (χ3n) is 3.87. The van der Waals surface area contributed by atoms with Gasteiger partial charge in [-0.1, -0.05) is 17.7 Å². The van der Waals surface area contributed by atoms with E-state index in [1.807, 2.05) is 4.90 Å². The first kappa shape index (κ1) is 20.2. The Bertz CT molecular complexity index is 501. The van der Waals surface area contributed by atoms with E-state index in [0.29, 0.717) is 35.2 Å². The van der Waals surface area contributed by atoms with Gasteiger partial charge in [0.05, 0.1) is 19.2 Å². The highest BCUT2D eigenvalue weighted by Crippen LogP contribution is 2.42. The predicted octanol–water partition coefficient (Wildman–Crippen LogP) is 3.38. The highest BCUT2D eigenvalue weighted by molar-refractivity contribution is 6.33. The van der Waals surface area contributed by atoms with Crippen LogP contribution in [0.25, 0.3) is 0 Å². The smallest absolute Gasteiger partial charge is 0.240 e. The van der Waals surface area contributed by atoms with E-state index in [2.05, 4.69) is 5.32 Å². The molecule has 1 saturated heterocycles. The summed E-state index contributed by atoms with van der Waals surface area (Å²) in [7, 11) is 3.00. The molecular formula is C15H22Cl2F2N2O2. The lowest BCUT2D eigenvalue weighted by molar-refractivity contribution is 0.0738. The van der Waals surface area contributed by atoms with Gasteiger partial charge in [0.2, 0.25) is 6.43 Å². The summed E-state index contributed by atoms with van der Waals surface area (Å²) in [5.74, 6) is 0.878. The van der Waals surface area contributed by atoms with Gasteiger partial charge < -0.3 is 14.8 Å². The lowest BCUT2D eigenvalue weighted by Crippen LogP contribution is -2.45. The zero-order valence-corrected chi connectivity index (χ0v) is 14.7. The highest BCUT2D eigenvalue weighted by Gasteiger charge is 2.29. The molecule has 0 radical (unpaired) electrons. The largest absolute Gasteiger partial charge is 0.493 e. The monoisotopic (exact) mass is 370 g/mol. The summed E-state index contributed by atoms with van der Waals surface area (Å²) < 4.78 is 36.6. The van der Waals surface area contributed by atoms with Gasteiger partial charge in [-0.15, -0.1) is 12.4 Å². The number of ether oxygens (including phenoxy) is 2. The molecule has 0 amide bonds. The van der Waals surface area contributed by atoms with Crippen molar-refractivity contribution in [1.29, 1.82) is 0 Å². The van der Waals surface area contributed by atoms with Gasteiger partial charge in [0.15, 0.2) is 11.5 Å². The number of benzene rings is 1. The molecule has 8 heteroatoms. The number of nitrogens with zero attached hydrogens (tertiary/aromatic N) is 1. The molecule has 0 spiro atoms. The second-order valence-corrected chi connectivity index (χ2v) is 5.51. The Morgan fingerprint density at radius 3 is 2.39 bits per heavy atom. The molecule has 0 aromatic heterocycles. The molecule has 0 unspecified atom stereocenters. The van der Waals surface area contributed by atoms with Crippen molar-refractivity contribution in [3.63, 3.8) is 0 Å². The van der Waals surface area contributed by atoms with Crippen molar-refractivity contribution in [2.75, 3.05) is 40.4 Å². The predicted molar refractivity (Wildman–Crippen MR) is 89.6 cm³/mol. The average molecular weight is 371 g/mol. The third kappa shape index (κ3) is 4.83. The number of piperazine rings is 1. The summed E-state index contributed by atoms with van der Waals surface area (Å²) in [5.41, 5.74) is 0.654. The van der Waals surface area contributed by atoms with Crippen LogP contribution in [-0.4, -0.2) is 51.7 Å². The number of hydrogen-bond donors (Lipinski definition) is 1. The molecule has 1 N–H and O–H groups in total. The molecule has 2 rings (SSSR count). The van der Waals surface area contributed by atoms with Gasteiger partial charge in [0.25, 0.3) is 0 Å². The van der Waals surface area contributed by atoms with Gasteiger partial charge >= 0.3 is 0 Å². The van der Waals surface area contributed by atoms with Crippen LogP contribution in [0.2, 0.25) is 5.02 Å². The average Bonchev–Trinajstić information content (AvgIpc) is 2.53. The molecule has 0 saturated carbocycles. The minimum Gasteiger partial charge on any atom is -0.493 e. The summed E-state index contributed by atoms with van der Waals surface area (Å²) in [6.07, 6.45) is -2.65. The first-order valence-corrected chi connectivity index (χ1v) is 7.59. The van der Waals surface area contributed by atoms with Crippen LogP contribution in [0.3, 0.4) is 0 Å². The molecule has 1 aromatic carbocycles. The van der Waals surface area contributed by atoms with Crippen molar-refractivity contribution in [2.45, 2.75) is 18.9 Å². The summed E-state index contributed by atoms with van der Waals surface area (Å²) in [6.45, 7) is 2.99. The zero-order chi connectivity index (χ0) is 16.1. The van der Waals surface area contributed by atoms with Crippen LogP contribution in [0.5, 0.6) is 11.5 Å². The van der Waals surface area contributed by atoms with E-state index in [0.717, 1.165) is 13.1 Å². The second kappa shape index (κ2) is 9.47. The van der Waals surface area contributed by atoms with E-state index in [-0.39, 0.29) is 18.8 Å². The summed E-state index contributed by atoms with van der Waals surface area (Å²) in [4.78, 5) is 2.04. The number of hydrogen-bond acceptors (Lipinski definition) is 4. The van der Waals surface area contributed by atoms with Crippen molar-refractivity contribution in [2.24, 2.45) is 0 Å². The SMILES string of the molecule is COc1ccc([C@@H](CC(F)F)N2CCNCC2)c(Cl)c1OC.Cl. The van der Waals surface area contributed by atoms with Crippen molar-refractivity contribution in [1.82, 2.24) is 10.2 Å². The van der Waals surface area contributed by atoms with Gasteiger partial charge in [-0.05, 0) is 11.6 Å². The van der Waals surface area contributed by atoms with Crippen LogP contribution in [0.15, 0.2) is 12.1 Å². The van der Waals surface area contributed by atoms with E-state index >= 15 is 0 Å². The maximum absolute atomic E-state index is 13.0. The van der Waals surface area contributed by atoms with Gasteiger partial charge in [-0.2, -0.15) is 0 Å². The zero-order valence-electron chi connectivity index (χ0n) is 13.2. The second-order valence-electron chi connectivity index (χ2n) is 5.13. The molecule has 0 aliphatic carbocycles. The highest BCUT2D eigenvalue weighted by atomic mass is 35.5.